The molecule has 0 saturated heterocycles. The first kappa shape index (κ1) is 24.3. The SMILES string of the molecule is CC(C)(C)NCC(=O)c1ccc(O)c(C=O)c1.Cl.O=Cc1ccccc1O. The van der Waals surface area contributed by atoms with Crippen LogP contribution in [0.25, 0.3) is 0 Å². The normalized spacial score (nSPS) is 10.0. The van der Waals surface area contributed by atoms with Crippen LogP contribution in [-0.4, -0.2) is 40.7 Å². The van der Waals surface area contributed by atoms with Gasteiger partial charge in [-0.15, -0.1) is 12.4 Å². The minimum atomic E-state index is -0.139. The highest BCUT2D eigenvalue weighted by Gasteiger charge is 2.13. The maximum absolute atomic E-state index is 11.8. The summed E-state index contributed by atoms with van der Waals surface area (Å²) in [5, 5.41) is 21.3. The lowest BCUT2D eigenvalue weighted by atomic mass is 10.0. The average Bonchev–Trinajstić information content (AvgIpc) is 2.60. The van der Waals surface area contributed by atoms with Crippen molar-refractivity contribution in [3.63, 3.8) is 0 Å². The molecule has 0 fully saturated rings. The largest absolute Gasteiger partial charge is 0.507 e. The number of rotatable bonds is 5. The van der Waals surface area contributed by atoms with Crippen LogP contribution in [0.4, 0.5) is 0 Å². The first-order chi connectivity index (χ1) is 12.2. The third-order valence-corrected chi connectivity index (χ3v) is 3.32. The Labute approximate surface area is 164 Å². The van der Waals surface area contributed by atoms with Crippen molar-refractivity contribution in [2.24, 2.45) is 0 Å². The molecule has 2 aromatic carbocycles. The summed E-state index contributed by atoms with van der Waals surface area (Å²) in [5.74, 6) is -0.184. The number of phenols is 2. The maximum Gasteiger partial charge on any atom is 0.176 e. The van der Waals surface area contributed by atoms with E-state index in [1.807, 2.05) is 20.8 Å². The lowest BCUT2D eigenvalue weighted by Gasteiger charge is -2.19. The van der Waals surface area contributed by atoms with Gasteiger partial charge in [-0.05, 0) is 51.1 Å². The number of phenolic OH excluding ortho intramolecular Hbond substituents is 2. The lowest BCUT2D eigenvalue weighted by molar-refractivity contribution is 0.0981. The van der Waals surface area contributed by atoms with Gasteiger partial charge in [0.15, 0.2) is 18.4 Å². The van der Waals surface area contributed by atoms with Gasteiger partial charge in [-0.3, -0.25) is 14.4 Å². The standard InChI is InChI=1S/C13H17NO3.C7H6O2.ClH/c1-13(2,3)14-7-12(17)9-4-5-11(16)10(6-9)8-15;8-5-6-3-1-2-4-7(6)9;/h4-6,8,14,16H,7H2,1-3H3;1-5,9H;1H. The Hall–Kier alpha value is -2.70. The molecule has 0 amide bonds. The van der Waals surface area contributed by atoms with Gasteiger partial charge in [-0.2, -0.15) is 0 Å². The maximum atomic E-state index is 11.8. The van der Waals surface area contributed by atoms with Crippen molar-refractivity contribution in [1.29, 1.82) is 0 Å². The second-order valence-corrected chi connectivity index (χ2v) is 6.59. The lowest BCUT2D eigenvalue weighted by Crippen LogP contribution is -2.39. The van der Waals surface area contributed by atoms with Crippen LogP contribution in [0, 0.1) is 0 Å². The number of hydrogen-bond acceptors (Lipinski definition) is 6. The van der Waals surface area contributed by atoms with E-state index in [-0.39, 0.29) is 47.3 Å². The zero-order chi connectivity index (χ0) is 19.7. The van der Waals surface area contributed by atoms with Gasteiger partial charge < -0.3 is 15.5 Å². The van der Waals surface area contributed by atoms with Crippen molar-refractivity contribution in [2.75, 3.05) is 6.54 Å². The summed E-state index contributed by atoms with van der Waals surface area (Å²) in [7, 11) is 0. The number of nitrogens with one attached hydrogen (secondary N) is 1. The molecule has 0 atom stereocenters. The molecule has 0 aliphatic heterocycles. The predicted molar refractivity (Wildman–Crippen MR) is 106 cm³/mol. The first-order valence-corrected chi connectivity index (χ1v) is 7.97. The van der Waals surface area contributed by atoms with Crippen molar-refractivity contribution in [2.45, 2.75) is 26.3 Å². The van der Waals surface area contributed by atoms with E-state index in [0.717, 1.165) is 0 Å². The zero-order valence-corrected chi connectivity index (χ0v) is 16.2. The first-order valence-electron chi connectivity index (χ1n) is 7.97. The van der Waals surface area contributed by atoms with Gasteiger partial charge in [-0.1, -0.05) is 12.1 Å². The average molecular weight is 394 g/mol. The van der Waals surface area contributed by atoms with Gasteiger partial charge in [0.25, 0.3) is 0 Å². The van der Waals surface area contributed by atoms with Crippen molar-refractivity contribution in [3.05, 3.63) is 59.2 Å². The minimum absolute atomic E-state index is 0. The number of hydrogen-bond donors (Lipinski definition) is 3. The molecule has 0 aliphatic rings. The monoisotopic (exact) mass is 393 g/mol. The fourth-order valence-corrected chi connectivity index (χ4v) is 1.86. The molecule has 2 rings (SSSR count). The summed E-state index contributed by atoms with van der Waals surface area (Å²) in [6.45, 7) is 6.10. The van der Waals surface area contributed by atoms with Gasteiger partial charge in [0.2, 0.25) is 0 Å². The Bertz CT molecular complexity index is 784. The van der Waals surface area contributed by atoms with Crippen LogP contribution in [-0.2, 0) is 0 Å². The van der Waals surface area contributed by atoms with Crippen molar-refractivity contribution >= 4 is 30.8 Å². The second-order valence-electron chi connectivity index (χ2n) is 6.59. The van der Waals surface area contributed by atoms with Crippen molar-refractivity contribution < 1.29 is 24.6 Å². The number of aldehydes is 2. The smallest absolute Gasteiger partial charge is 0.176 e. The van der Waals surface area contributed by atoms with E-state index < -0.39 is 0 Å². The summed E-state index contributed by atoms with van der Waals surface area (Å²) in [4.78, 5) is 32.5. The number of para-hydroxylation sites is 1. The molecule has 3 N–H and O–H groups in total. The molecule has 0 heterocycles. The molecule has 0 radical (unpaired) electrons. The van der Waals surface area contributed by atoms with Gasteiger partial charge in [0, 0.05) is 11.1 Å². The molecular formula is C20H24ClNO5. The third kappa shape index (κ3) is 8.48. The summed E-state index contributed by atoms with van der Waals surface area (Å²) in [6.07, 6.45) is 1.15. The van der Waals surface area contributed by atoms with Crippen LogP contribution < -0.4 is 5.32 Å². The summed E-state index contributed by atoms with van der Waals surface area (Å²) >= 11 is 0. The fraction of sp³-hybridized carbons (Fsp3) is 0.250. The van der Waals surface area contributed by atoms with Crippen LogP contribution in [0.15, 0.2) is 42.5 Å². The summed E-state index contributed by atoms with van der Waals surface area (Å²) in [5.41, 5.74) is 0.742. The summed E-state index contributed by atoms with van der Waals surface area (Å²) in [6, 6.07) is 10.7. The third-order valence-electron chi connectivity index (χ3n) is 3.32. The number of carbonyl (C=O) groups is 3. The van der Waals surface area contributed by atoms with E-state index in [1.54, 1.807) is 18.2 Å². The number of carbonyl (C=O) groups excluding carboxylic acids is 3. The van der Waals surface area contributed by atoms with Crippen LogP contribution in [0.5, 0.6) is 11.5 Å². The molecule has 6 nitrogen and oxygen atoms in total. The minimum Gasteiger partial charge on any atom is -0.507 e. The molecule has 2 aromatic rings. The van der Waals surface area contributed by atoms with Crippen LogP contribution in [0.1, 0.15) is 51.8 Å². The molecule has 0 spiro atoms. The number of benzene rings is 2. The molecule has 27 heavy (non-hydrogen) atoms. The van der Waals surface area contributed by atoms with Crippen LogP contribution in [0.3, 0.4) is 0 Å². The second kappa shape index (κ2) is 11.1. The van der Waals surface area contributed by atoms with E-state index in [4.69, 9.17) is 5.11 Å². The Morgan fingerprint density at radius 3 is 2.00 bits per heavy atom. The topological polar surface area (TPSA) is 104 Å². The number of Topliss-reactive ketones (excluding diaryl/α,β-unsaturated/α-hetero) is 1. The molecule has 0 aromatic heterocycles. The molecule has 0 unspecified atom stereocenters. The number of aromatic hydroxyl groups is 2. The molecular weight excluding hydrogens is 370 g/mol. The summed E-state index contributed by atoms with van der Waals surface area (Å²) < 4.78 is 0. The van der Waals surface area contributed by atoms with E-state index >= 15 is 0 Å². The fourth-order valence-electron chi connectivity index (χ4n) is 1.86. The number of ketones is 1. The zero-order valence-electron chi connectivity index (χ0n) is 15.4. The Morgan fingerprint density at radius 1 is 0.963 bits per heavy atom. The Kier molecular flexibility index (Phi) is 10.00. The van der Waals surface area contributed by atoms with Gasteiger partial charge in [-0.25, -0.2) is 0 Å². The van der Waals surface area contributed by atoms with Crippen molar-refractivity contribution in [3.8, 4) is 11.5 Å². The molecule has 0 bridgehead atoms. The van der Waals surface area contributed by atoms with E-state index in [9.17, 15) is 19.5 Å². The van der Waals surface area contributed by atoms with E-state index in [2.05, 4.69) is 5.32 Å². The van der Waals surface area contributed by atoms with Crippen LogP contribution in [0.2, 0.25) is 0 Å². The molecule has 0 aliphatic carbocycles. The molecule has 146 valence electrons. The van der Waals surface area contributed by atoms with Crippen molar-refractivity contribution in [1.82, 2.24) is 5.32 Å². The predicted octanol–water partition coefficient (Wildman–Crippen LogP) is 3.40. The van der Waals surface area contributed by atoms with Gasteiger partial charge in [0.1, 0.15) is 11.5 Å². The Morgan fingerprint density at radius 2 is 1.52 bits per heavy atom. The molecule has 7 heteroatoms. The van der Waals surface area contributed by atoms with Gasteiger partial charge in [0.05, 0.1) is 17.7 Å². The van der Waals surface area contributed by atoms with E-state index in [1.165, 1.54) is 24.3 Å². The quantitative estimate of drug-likeness (QED) is 0.531. The number of halogens is 1. The highest BCUT2D eigenvalue weighted by molar-refractivity contribution is 5.99. The van der Waals surface area contributed by atoms with Gasteiger partial charge >= 0.3 is 0 Å². The highest BCUT2D eigenvalue weighted by Crippen LogP contribution is 2.16. The highest BCUT2D eigenvalue weighted by atomic mass is 35.5. The Balaban J connectivity index is 0.000000572. The van der Waals surface area contributed by atoms with Crippen LogP contribution >= 0.6 is 12.4 Å². The molecule has 0 saturated carbocycles. The van der Waals surface area contributed by atoms with E-state index in [0.29, 0.717) is 23.7 Å².